The highest BCUT2D eigenvalue weighted by atomic mass is 16.3. The summed E-state index contributed by atoms with van der Waals surface area (Å²) in [6.45, 7) is 1.75. The van der Waals surface area contributed by atoms with Crippen LogP contribution in [-0.4, -0.2) is 22.4 Å². The maximum absolute atomic E-state index is 9.17. The van der Waals surface area contributed by atoms with Crippen molar-refractivity contribution in [1.82, 2.24) is 0 Å². The molecule has 0 radical (unpaired) electrons. The lowest BCUT2D eigenvalue weighted by atomic mass is 9.92. The molecule has 0 saturated heterocycles. The molecule has 0 aliphatic heterocycles. The first-order chi connectivity index (χ1) is 4.63. The molecule has 1 aliphatic rings. The van der Waals surface area contributed by atoms with Crippen LogP contribution in [0.2, 0.25) is 0 Å². The van der Waals surface area contributed by atoms with Gasteiger partial charge in [0.05, 0.1) is 0 Å². The Labute approximate surface area is 60.2 Å². The summed E-state index contributed by atoms with van der Waals surface area (Å²) in [5.74, 6) is 0.0683. The van der Waals surface area contributed by atoms with Crippen molar-refractivity contribution in [2.45, 2.75) is 31.9 Å². The minimum absolute atomic E-state index is 0.0663. The monoisotopic (exact) mass is 143 g/mol. The van der Waals surface area contributed by atoms with E-state index in [2.05, 4.69) is 0 Å². The van der Waals surface area contributed by atoms with Crippen LogP contribution < -0.4 is 5.73 Å². The molecule has 0 heterocycles. The van der Waals surface area contributed by atoms with Gasteiger partial charge in [-0.2, -0.15) is 0 Å². The third kappa shape index (κ3) is 1.15. The third-order valence-electron chi connectivity index (χ3n) is 2.03. The van der Waals surface area contributed by atoms with Gasteiger partial charge in [0.15, 0.2) is 0 Å². The van der Waals surface area contributed by atoms with Crippen molar-refractivity contribution in [3.63, 3.8) is 0 Å². The van der Waals surface area contributed by atoms with Crippen molar-refractivity contribution in [3.8, 4) is 0 Å². The molecule has 0 aromatic rings. The van der Waals surface area contributed by atoms with E-state index in [-0.39, 0.29) is 11.8 Å². The fraction of sp³-hybridized carbons (Fsp3) is 0.714. The van der Waals surface area contributed by atoms with Crippen LogP contribution in [-0.2, 0) is 0 Å². The van der Waals surface area contributed by atoms with E-state index >= 15 is 0 Å². The van der Waals surface area contributed by atoms with Gasteiger partial charge in [-0.25, -0.2) is 0 Å². The fourth-order valence-electron chi connectivity index (χ4n) is 1.14. The summed E-state index contributed by atoms with van der Waals surface area (Å²) in [5, 5.41) is 18.3. The second-order valence-corrected chi connectivity index (χ2v) is 2.77. The Morgan fingerprint density at radius 1 is 1.50 bits per heavy atom. The van der Waals surface area contributed by atoms with Crippen LogP contribution in [0.5, 0.6) is 0 Å². The minimum Gasteiger partial charge on any atom is -0.510 e. The first-order valence-electron chi connectivity index (χ1n) is 3.46. The molecule has 3 nitrogen and oxygen atoms in total. The van der Waals surface area contributed by atoms with E-state index in [4.69, 9.17) is 15.9 Å². The van der Waals surface area contributed by atoms with Crippen LogP contribution in [0, 0.1) is 0 Å². The molecule has 58 valence electrons. The summed E-state index contributed by atoms with van der Waals surface area (Å²) in [6.07, 6.45) is 0.654. The molecule has 0 bridgehead atoms. The zero-order valence-electron chi connectivity index (χ0n) is 6.04. The average Bonchev–Trinajstić information content (AvgIpc) is 1.93. The van der Waals surface area contributed by atoms with Gasteiger partial charge in [0.2, 0.25) is 0 Å². The van der Waals surface area contributed by atoms with Gasteiger partial charge in [0, 0.05) is 6.04 Å². The quantitative estimate of drug-likeness (QED) is 0.457. The number of rotatable bonds is 0. The van der Waals surface area contributed by atoms with Crippen LogP contribution in [0.1, 0.15) is 19.8 Å². The molecule has 1 rings (SSSR count). The average molecular weight is 143 g/mol. The molecular formula is C7H13NO2. The van der Waals surface area contributed by atoms with Crippen molar-refractivity contribution in [2.24, 2.45) is 5.73 Å². The second-order valence-electron chi connectivity index (χ2n) is 2.77. The van der Waals surface area contributed by atoms with Crippen molar-refractivity contribution in [3.05, 3.63) is 11.3 Å². The van der Waals surface area contributed by atoms with E-state index in [1.807, 2.05) is 0 Å². The van der Waals surface area contributed by atoms with E-state index in [0.29, 0.717) is 6.42 Å². The highest BCUT2D eigenvalue weighted by Gasteiger charge is 2.22. The van der Waals surface area contributed by atoms with Gasteiger partial charge in [-0.3, -0.25) is 0 Å². The van der Waals surface area contributed by atoms with E-state index in [1.165, 1.54) is 0 Å². The fourth-order valence-corrected chi connectivity index (χ4v) is 1.14. The third-order valence-corrected chi connectivity index (χ3v) is 2.03. The lowest BCUT2D eigenvalue weighted by Crippen LogP contribution is -2.31. The van der Waals surface area contributed by atoms with E-state index in [0.717, 1.165) is 12.0 Å². The van der Waals surface area contributed by atoms with Gasteiger partial charge in [-0.05, 0) is 25.3 Å². The molecular weight excluding hydrogens is 130 g/mol. The maximum Gasteiger partial charge on any atom is 0.121 e. The highest BCUT2D eigenvalue weighted by Crippen LogP contribution is 2.21. The smallest absolute Gasteiger partial charge is 0.121 e. The van der Waals surface area contributed by atoms with Gasteiger partial charge in [0.25, 0.3) is 0 Å². The molecule has 2 atom stereocenters. The summed E-state index contributed by atoms with van der Waals surface area (Å²) in [5.41, 5.74) is 6.32. The lowest BCUT2D eigenvalue weighted by molar-refractivity contribution is 0.127. The molecule has 0 aromatic heterocycles. The molecule has 3 heteroatoms. The highest BCUT2D eigenvalue weighted by molar-refractivity contribution is 5.18. The number of hydrogen-bond donors (Lipinski definition) is 3. The SMILES string of the molecule is CC1=C(O)C(O)CCC1N. The summed E-state index contributed by atoms with van der Waals surface area (Å²) in [4.78, 5) is 0. The Kier molecular flexibility index (Phi) is 1.97. The Morgan fingerprint density at radius 2 is 2.10 bits per heavy atom. The molecule has 1 aliphatic carbocycles. The summed E-state index contributed by atoms with van der Waals surface area (Å²) in [6, 6.07) is -0.0663. The van der Waals surface area contributed by atoms with Gasteiger partial charge in [0.1, 0.15) is 11.9 Å². The summed E-state index contributed by atoms with van der Waals surface area (Å²) >= 11 is 0. The van der Waals surface area contributed by atoms with Crippen LogP contribution in [0.3, 0.4) is 0 Å². The predicted octanol–water partition coefficient (Wildman–Crippen LogP) is 0.300. The maximum atomic E-state index is 9.17. The Hall–Kier alpha value is -0.540. The van der Waals surface area contributed by atoms with Gasteiger partial charge in [-0.15, -0.1) is 0 Å². The summed E-state index contributed by atoms with van der Waals surface area (Å²) in [7, 11) is 0. The largest absolute Gasteiger partial charge is 0.510 e. The van der Waals surface area contributed by atoms with Crippen LogP contribution >= 0.6 is 0 Å². The van der Waals surface area contributed by atoms with Gasteiger partial charge in [-0.1, -0.05) is 0 Å². The Bertz CT molecular complexity index is 147. The predicted molar refractivity (Wildman–Crippen MR) is 38.5 cm³/mol. The first-order valence-corrected chi connectivity index (χ1v) is 3.46. The minimum atomic E-state index is -0.681. The zero-order chi connectivity index (χ0) is 7.72. The second kappa shape index (κ2) is 2.60. The van der Waals surface area contributed by atoms with Crippen LogP contribution in [0.4, 0.5) is 0 Å². The normalized spacial score (nSPS) is 34.7. The van der Waals surface area contributed by atoms with E-state index < -0.39 is 6.10 Å². The molecule has 10 heavy (non-hydrogen) atoms. The van der Waals surface area contributed by atoms with Crippen molar-refractivity contribution in [1.29, 1.82) is 0 Å². The van der Waals surface area contributed by atoms with Crippen molar-refractivity contribution < 1.29 is 10.2 Å². The molecule has 0 fully saturated rings. The number of aliphatic hydroxyl groups excluding tert-OH is 2. The number of aliphatic hydroxyl groups is 2. The standard InChI is InChI=1S/C7H13NO2/c1-4-5(8)2-3-6(9)7(4)10/h5-6,9-10H,2-3,8H2,1H3. The molecule has 0 amide bonds. The zero-order valence-corrected chi connectivity index (χ0v) is 6.04. The first kappa shape index (κ1) is 7.57. The summed E-state index contributed by atoms with van der Waals surface area (Å²) < 4.78 is 0. The van der Waals surface area contributed by atoms with Crippen LogP contribution in [0.25, 0.3) is 0 Å². The lowest BCUT2D eigenvalue weighted by Gasteiger charge is -2.23. The van der Waals surface area contributed by atoms with E-state index in [9.17, 15) is 0 Å². The van der Waals surface area contributed by atoms with Crippen LogP contribution in [0.15, 0.2) is 11.3 Å². The Morgan fingerprint density at radius 3 is 2.60 bits per heavy atom. The van der Waals surface area contributed by atoms with E-state index in [1.54, 1.807) is 6.92 Å². The van der Waals surface area contributed by atoms with Gasteiger partial charge < -0.3 is 15.9 Å². The van der Waals surface area contributed by atoms with Crippen molar-refractivity contribution in [2.75, 3.05) is 0 Å². The van der Waals surface area contributed by atoms with Crippen molar-refractivity contribution >= 4 is 0 Å². The van der Waals surface area contributed by atoms with Gasteiger partial charge >= 0.3 is 0 Å². The molecule has 0 aromatic carbocycles. The molecule has 2 unspecified atom stereocenters. The topological polar surface area (TPSA) is 66.5 Å². The molecule has 0 spiro atoms. The number of hydrogen-bond acceptors (Lipinski definition) is 3. The molecule has 0 saturated carbocycles. The Balaban J connectivity index is 2.81. The number of nitrogens with two attached hydrogens (primary N) is 1. The molecule has 4 N–H and O–H groups in total.